The molecular weight excluding hydrogens is 724 g/mol. The Bertz CT molecular complexity index is 2330. The fourth-order valence-electron chi connectivity index (χ4n) is 5.26. The molecule has 0 radical (unpaired) electrons. The van der Waals surface area contributed by atoms with E-state index < -0.39 is 63.8 Å². The van der Waals surface area contributed by atoms with E-state index in [0.717, 1.165) is 72.8 Å². The second kappa shape index (κ2) is 14.6. The number of carbonyl (C=O) groups is 3. The topological polar surface area (TPSA) is 290 Å². The number of hydrogen-bond donors (Lipinski definition) is 2. The molecule has 21 nitrogen and oxygen atoms in total. The number of benzene rings is 3. The number of nitro groups is 3. The highest BCUT2D eigenvalue weighted by Gasteiger charge is 2.52. The summed E-state index contributed by atoms with van der Waals surface area (Å²) in [7, 11) is 0. The van der Waals surface area contributed by atoms with E-state index in [1.165, 1.54) is 10.9 Å². The van der Waals surface area contributed by atoms with E-state index in [1.54, 1.807) is 0 Å². The van der Waals surface area contributed by atoms with Crippen LogP contribution in [0.5, 0.6) is 0 Å². The Hall–Kier alpha value is -7.20. The van der Waals surface area contributed by atoms with Gasteiger partial charge in [0, 0.05) is 36.4 Å². The highest BCUT2D eigenvalue weighted by atomic mass is 32.1. The van der Waals surface area contributed by atoms with Gasteiger partial charge in [0.25, 0.3) is 17.1 Å². The average Bonchev–Trinajstić information content (AvgIpc) is 3.71. The van der Waals surface area contributed by atoms with Gasteiger partial charge in [0.2, 0.25) is 0 Å². The zero-order valence-corrected chi connectivity index (χ0v) is 27.3. The second-order valence-electron chi connectivity index (χ2n) is 11.1. The van der Waals surface area contributed by atoms with Crippen LogP contribution in [0.1, 0.15) is 37.3 Å². The molecule has 0 saturated carbocycles. The number of rotatable bonds is 11. The predicted molar refractivity (Wildman–Crippen MR) is 179 cm³/mol. The van der Waals surface area contributed by atoms with Gasteiger partial charge in [-0.05, 0) is 36.4 Å². The van der Waals surface area contributed by atoms with E-state index >= 15 is 0 Å². The minimum Gasteiger partial charge on any atom is -0.459 e. The summed E-state index contributed by atoms with van der Waals surface area (Å²) < 4.78 is 24.7. The number of esters is 3. The van der Waals surface area contributed by atoms with Crippen LogP contribution in [0.25, 0.3) is 11.2 Å². The fraction of sp³-hybridized carbons (Fsp3) is 0.161. The Kier molecular flexibility index (Phi) is 9.79. The van der Waals surface area contributed by atoms with Gasteiger partial charge in [-0.25, -0.2) is 24.4 Å². The summed E-state index contributed by atoms with van der Waals surface area (Å²) in [6.07, 6.45) is -4.70. The smallest absolute Gasteiger partial charge is 0.338 e. The zero-order valence-electron chi connectivity index (χ0n) is 26.5. The Morgan fingerprint density at radius 3 is 1.70 bits per heavy atom. The summed E-state index contributed by atoms with van der Waals surface area (Å²) in [5.41, 5.74) is 4.97. The number of carbonyl (C=O) groups excluding carboxylic acids is 3. The minimum absolute atomic E-state index is 0.00199. The van der Waals surface area contributed by atoms with Gasteiger partial charge in [0.05, 0.1) is 37.8 Å². The first-order valence-corrected chi connectivity index (χ1v) is 15.4. The standard InChI is InChI=1S/C31H22N8O13S/c32-31-34-25-22(26(53)35-31)33-14-36(25)27-24(52-30(42)17-5-11-20(12-6-17)39(47)48)23(51-29(41)16-3-9-19(10-4-16)38(45)46)21(50-27)13-49-28(40)15-1-7-18(8-2-15)37(43)44/h1-12,14,21,23-24,27H,13H2,(H3,32,34,35,53)/t21-,23+,24-,27-/m1/s1. The molecule has 2 aromatic heterocycles. The third-order valence-corrected chi connectivity index (χ3v) is 8.12. The summed E-state index contributed by atoms with van der Waals surface area (Å²) in [6, 6.07) is 13.4. The number of anilines is 1. The van der Waals surface area contributed by atoms with Crippen molar-refractivity contribution >= 4 is 64.3 Å². The van der Waals surface area contributed by atoms with Crippen LogP contribution >= 0.6 is 12.2 Å². The monoisotopic (exact) mass is 746 g/mol. The van der Waals surface area contributed by atoms with Crippen LogP contribution in [-0.2, 0) is 18.9 Å². The summed E-state index contributed by atoms with van der Waals surface area (Å²) in [5, 5.41) is 33.4. The minimum atomic E-state index is -1.58. The quantitative estimate of drug-likeness (QED) is 0.0634. The lowest BCUT2D eigenvalue weighted by atomic mass is 10.1. The Morgan fingerprint density at radius 1 is 0.774 bits per heavy atom. The molecule has 0 bridgehead atoms. The molecule has 4 atom stereocenters. The summed E-state index contributed by atoms with van der Waals surface area (Å²) >= 11 is 5.28. The van der Waals surface area contributed by atoms with Crippen LogP contribution in [0.2, 0.25) is 0 Å². The average molecular weight is 747 g/mol. The number of nitrogen functional groups attached to an aromatic ring is 1. The number of aromatic nitrogens is 4. The molecule has 1 fully saturated rings. The zero-order chi connectivity index (χ0) is 38.0. The molecule has 270 valence electrons. The molecule has 0 aliphatic carbocycles. The van der Waals surface area contributed by atoms with Crippen LogP contribution in [0.3, 0.4) is 0 Å². The van der Waals surface area contributed by atoms with Crippen LogP contribution in [0.4, 0.5) is 23.0 Å². The molecule has 0 unspecified atom stereocenters. The van der Waals surface area contributed by atoms with Gasteiger partial charge in [-0.1, -0.05) is 12.2 Å². The van der Waals surface area contributed by atoms with E-state index in [0.29, 0.717) is 0 Å². The molecule has 1 aliphatic rings. The van der Waals surface area contributed by atoms with E-state index in [1.807, 2.05) is 0 Å². The number of fused-ring (bicyclic) bond motifs is 1. The molecule has 1 aliphatic heterocycles. The molecule has 3 heterocycles. The predicted octanol–water partition coefficient (Wildman–Crippen LogP) is 4.00. The number of non-ortho nitro benzene ring substituents is 3. The molecule has 0 spiro atoms. The molecule has 6 rings (SSSR count). The first-order valence-electron chi connectivity index (χ1n) is 15.0. The van der Waals surface area contributed by atoms with Crippen LogP contribution in [-0.4, -0.2) is 77.1 Å². The third-order valence-electron chi connectivity index (χ3n) is 7.83. The first-order chi connectivity index (χ1) is 25.3. The van der Waals surface area contributed by atoms with Crippen LogP contribution < -0.4 is 5.73 Å². The molecule has 3 N–H and O–H groups in total. The lowest BCUT2D eigenvalue weighted by molar-refractivity contribution is -0.385. The van der Waals surface area contributed by atoms with Gasteiger partial charge in [0.1, 0.15) is 23.9 Å². The molecular formula is C31H22N8O13S. The van der Waals surface area contributed by atoms with Gasteiger partial charge in [-0.15, -0.1) is 0 Å². The SMILES string of the molecule is Nc1nc(=S)c2ncn([C@@H]3O[C@H](COC(=O)c4ccc([N+](=O)[O-])cc4)[C@H](OC(=O)c4ccc([N+](=O)[O-])cc4)[C@H]3OC(=O)c3ccc([N+](=O)[O-])cc3)c2[nH]1. The number of nitrogens with one attached hydrogen (secondary N) is 1. The van der Waals surface area contributed by atoms with E-state index in [-0.39, 0.29) is 55.5 Å². The van der Waals surface area contributed by atoms with Crippen molar-refractivity contribution in [3.63, 3.8) is 0 Å². The lowest BCUT2D eigenvalue weighted by Gasteiger charge is -2.25. The second-order valence-corrected chi connectivity index (χ2v) is 11.5. The van der Waals surface area contributed by atoms with E-state index in [4.69, 9.17) is 36.9 Å². The summed E-state index contributed by atoms with van der Waals surface area (Å²) in [5.74, 6) is -3.13. The molecule has 53 heavy (non-hydrogen) atoms. The first kappa shape index (κ1) is 35.6. The number of nitrogens with two attached hydrogens (primary N) is 1. The molecule has 3 aromatic carbocycles. The molecule has 5 aromatic rings. The lowest BCUT2D eigenvalue weighted by Crippen LogP contribution is -2.41. The van der Waals surface area contributed by atoms with Crippen LogP contribution in [0, 0.1) is 35.0 Å². The number of imidazole rings is 1. The van der Waals surface area contributed by atoms with Gasteiger partial charge in [0.15, 0.2) is 29.0 Å². The Balaban J connectivity index is 1.38. The van der Waals surface area contributed by atoms with Crippen LogP contribution in [0.15, 0.2) is 79.1 Å². The maximum absolute atomic E-state index is 13.5. The highest BCUT2D eigenvalue weighted by Crippen LogP contribution is 2.37. The van der Waals surface area contributed by atoms with Crippen molar-refractivity contribution in [2.45, 2.75) is 24.5 Å². The van der Waals surface area contributed by atoms with Crippen molar-refractivity contribution in [2.24, 2.45) is 0 Å². The molecule has 0 amide bonds. The van der Waals surface area contributed by atoms with E-state index in [9.17, 15) is 44.7 Å². The molecule has 22 heteroatoms. The number of nitro benzene ring substituents is 3. The summed E-state index contributed by atoms with van der Waals surface area (Å²) in [6.45, 7) is -0.636. The van der Waals surface area contributed by atoms with Crippen molar-refractivity contribution in [1.29, 1.82) is 0 Å². The normalized spacial score (nSPS) is 17.9. The third kappa shape index (κ3) is 7.47. The number of hydrogen-bond acceptors (Lipinski definition) is 17. The van der Waals surface area contributed by atoms with Gasteiger partial charge in [-0.3, -0.25) is 34.9 Å². The molecule has 1 saturated heterocycles. The van der Waals surface area contributed by atoms with Gasteiger partial charge >= 0.3 is 17.9 Å². The van der Waals surface area contributed by atoms with E-state index in [2.05, 4.69) is 15.0 Å². The summed E-state index contributed by atoms with van der Waals surface area (Å²) in [4.78, 5) is 82.5. The number of aromatic amines is 1. The van der Waals surface area contributed by atoms with Gasteiger partial charge < -0.3 is 29.7 Å². The van der Waals surface area contributed by atoms with Crippen molar-refractivity contribution in [1.82, 2.24) is 19.5 Å². The van der Waals surface area contributed by atoms with Crippen molar-refractivity contribution in [3.8, 4) is 0 Å². The Labute approximate surface area is 299 Å². The number of H-pyrrole nitrogens is 1. The van der Waals surface area contributed by atoms with Crippen molar-refractivity contribution in [3.05, 3.63) is 131 Å². The maximum Gasteiger partial charge on any atom is 0.338 e. The van der Waals surface area contributed by atoms with Crippen molar-refractivity contribution < 1.29 is 48.1 Å². The number of ether oxygens (including phenoxy) is 4. The van der Waals surface area contributed by atoms with Gasteiger partial charge in [-0.2, -0.15) is 0 Å². The fourth-order valence-corrected chi connectivity index (χ4v) is 5.51. The van der Waals surface area contributed by atoms with Crippen molar-refractivity contribution in [2.75, 3.05) is 12.3 Å². The highest BCUT2D eigenvalue weighted by molar-refractivity contribution is 7.71. The maximum atomic E-state index is 13.5. The number of nitrogens with zero attached hydrogens (tertiary/aromatic N) is 6. The Morgan fingerprint density at radius 2 is 1.23 bits per heavy atom. The largest absolute Gasteiger partial charge is 0.459 e.